The largest absolute Gasteiger partial charge is 0.495 e. The van der Waals surface area contributed by atoms with Crippen LogP contribution in [0.3, 0.4) is 0 Å². The molecule has 5 aromatic rings. The molecule has 0 aliphatic carbocycles. The van der Waals surface area contributed by atoms with Crippen LogP contribution in [0, 0.1) is 40.7 Å². The summed E-state index contributed by atoms with van der Waals surface area (Å²) in [4.78, 5) is 75.0. The molecule has 2 aliphatic heterocycles. The fourth-order valence-corrected chi connectivity index (χ4v) is 12.0. The van der Waals surface area contributed by atoms with Gasteiger partial charge in [-0.2, -0.15) is 5.26 Å². The highest BCUT2D eigenvalue weighted by atomic mass is 35.5. The Bertz CT molecular complexity index is 3270. The van der Waals surface area contributed by atoms with Gasteiger partial charge in [0.15, 0.2) is 0 Å². The van der Waals surface area contributed by atoms with E-state index in [1.54, 1.807) is 37.6 Å². The summed E-state index contributed by atoms with van der Waals surface area (Å²) < 4.78 is 60.1. The molecule has 2 aliphatic rings. The van der Waals surface area contributed by atoms with Crippen molar-refractivity contribution in [1.82, 2.24) is 31.2 Å². The Morgan fingerprint density at radius 3 is 2.18 bits per heavy atom. The van der Waals surface area contributed by atoms with E-state index in [1.165, 1.54) is 60.5 Å². The zero-order chi connectivity index (χ0) is 63.2. The van der Waals surface area contributed by atoms with Crippen molar-refractivity contribution in [3.05, 3.63) is 134 Å². The van der Waals surface area contributed by atoms with Crippen molar-refractivity contribution in [3.63, 3.8) is 0 Å². The lowest BCUT2D eigenvalue weighted by atomic mass is 9.62. The van der Waals surface area contributed by atoms with Crippen molar-refractivity contribution in [2.75, 3.05) is 78.4 Å². The number of aryl methyl sites for hydroxylation is 1. The lowest BCUT2D eigenvalue weighted by molar-refractivity contribution is -0.144. The van der Waals surface area contributed by atoms with E-state index in [0.29, 0.717) is 0 Å². The Hall–Kier alpha value is -6.65. The monoisotopic (exact) mass is 1260 g/mol. The number of carbonyl (C=O) groups excluding carboxylic acids is 5. The number of likely N-dealkylation sites (tertiary alicyclic amines) is 1. The number of β-amino-alcohol motifs (C(OH)–C–C–N with tert-alkyl or cyclic N) is 1. The number of methoxy groups -OCH3 is 1. The quantitative estimate of drug-likeness (QED) is 0.0271. The van der Waals surface area contributed by atoms with Gasteiger partial charge >= 0.3 is 0 Å². The van der Waals surface area contributed by atoms with Gasteiger partial charge in [0, 0.05) is 54.2 Å². The first-order valence-electron chi connectivity index (χ1n) is 28.6. The first-order chi connectivity index (χ1) is 41.4. The summed E-state index contributed by atoms with van der Waals surface area (Å²) in [7, 11) is 1.36. The second-order valence-electron chi connectivity index (χ2n) is 23.7. The summed E-state index contributed by atoms with van der Waals surface area (Å²) in [5, 5.41) is 36.2. The number of carbonyl (C=O) groups is 5. The molecule has 24 heteroatoms. The third-order valence-electron chi connectivity index (χ3n) is 15.0. The van der Waals surface area contributed by atoms with Gasteiger partial charge in [-0.3, -0.25) is 24.0 Å². The van der Waals surface area contributed by atoms with Gasteiger partial charge in [-0.25, -0.2) is 13.8 Å². The van der Waals surface area contributed by atoms with E-state index in [-0.39, 0.29) is 124 Å². The van der Waals surface area contributed by atoms with Crippen LogP contribution in [0.25, 0.3) is 10.4 Å². The van der Waals surface area contributed by atoms with Crippen LogP contribution >= 0.6 is 34.5 Å². The Morgan fingerprint density at radius 2 is 1.56 bits per heavy atom. The number of nitrogens with one attached hydrogen (secondary N) is 5. The summed E-state index contributed by atoms with van der Waals surface area (Å²) in [5.41, 5.74) is 1.87. The summed E-state index contributed by atoms with van der Waals surface area (Å²) in [6.45, 7) is 14.5. The molecule has 1 aromatic heterocycles. The Labute approximate surface area is 520 Å². The fourth-order valence-electron chi connectivity index (χ4n) is 10.8. The average molecular weight is 1260 g/mol. The number of anilines is 1. The van der Waals surface area contributed by atoms with Gasteiger partial charge in [0.2, 0.25) is 23.6 Å². The predicted octanol–water partition coefficient (Wildman–Crippen LogP) is 8.28. The van der Waals surface area contributed by atoms with E-state index in [2.05, 4.69) is 37.6 Å². The number of aliphatic hydroxyl groups excluding tert-OH is 1. The van der Waals surface area contributed by atoms with Gasteiger partial charge in [0.05, 0.1) is 98.4 Å². The minimum atomic E-state index is -1.83. The van der Waals surface area contributed by atoms with Crippen LogP contribution in [0.4, 0.5) is 14.5 Å². The van der Waals surface area contributed by atoms with Crippen LogP contribution in [-0.4, -0.2) is 148 Å². The van der Waals surface area contributed by atoms with Gasteiger partial charge in [-0.1, -0.05) is 107 Å². The molecule has 7 atom stereocenters. The third kappa shape index (κ3) is 17.4. The molecular formula is C63H76Cl2F2N8O11S. The van der Waals surface area contributed by atoms with E-state index < -0.39 is 93.6 Å². The first kappa shape index (κ1) is 67.9. The molecule has 0 bridgehead atoms. The third-order valence-corrected chi connectivity index (χ3v) is 16.6. The van der Waals surface area contributed by atoms with Crippen LogP contribution in [-0.2, 0) is 50.1 Å². The van der Waals surface area contributed by atoms with E-state index in [4.69, 9.17) is 46.9 Å². The molecule has 2 fully saturated rings. The molecule has 0 unspecified atom stereocenters. The SMILES string of the molecule is COc1cc(C(=O)NCCOCCOCCOCCOCC(=O)N[C@H](C(=O)N2C[C@H](O)C[C@H]2C(=O)NCc2ccc(-c3scnc3C)cc2)C(C)(C)C)ccc1NC(=O)[C@@H]1N[C@@H](CC(C)(C)C)[C@](C#N)(c2ccc(Cl)cc2F)[C@H]1c1cccc(Cl)c1F. The molecular weight excluding hydrogens is 1190 g/mol. The number of rotatable bonds is 27. The molecule has 7 rings (SSSR count). The minimum Gasteiger partial charge on any atom is -0.495 e. The van der Waals surface area contributed by atoms with Gasteiger partial charge in [-0.15, -0.1) is 11.3 Å². The van der Waals surface area contributed by atoms with E-state index in [1.807, 2.05) is 52.0 Å². The molecule has 0 radical (unpaired) electrons. The Kier molecular flexibility index (Phi) is 23.8. The smallest absolute Gasteiger partial charge is 0.251 e. The maximum atomic E-state index is 16.2. The maximum Gasteiger partial charge on any atom is 0.251 e. The van der Waals surface area contributed by atoms with Crippen molar-refractivity contribution in [3.8, 4) is 22.3 Å². The number of hydrogen-bond donors (Lipinski definition) is 6. The van der Waals surface area contributed by atoms with Crippen LogP contribution in [0.2, 0.25) is 10.0 Å². The normalized spacial score (nSPS) is 19.7. The number of aromatic nitrogens is 1. The zero-order valence-corrected chi connectivity index (χ0v) is 52.4. The number of thiazole rings is 1. The summed E-state index contributed by atoms with van der Waals surface area (Å²) in [5.74, 6) is -5.36. The maximum absolute atomic E-state index is 16.2. The Balaban J connectivity index is 0.795. The molecule has 0 spiro atoms. The van der Waals surface area contributed by atoms with Gasteiger partial charge in [0.1, 0.15) is 41.5 Å². The van der Waals surface area contributed by atoms with Gasteiger partial charge in [-0.05, 0) is 77.3 Å². The van der Waals surface area contributed by atoms with Crippen molar-refractivity contribution in [2.45, 2.75) is 109 Å². The first-order valence-corrected chi connectivity index (χ1v) is 30.2. The number of hydrogen-bond acceptors (Lipinski definition) is 15. The molecule has 6 N–H and O–H groups in total. The molecule has 468 valence electrons. The summed E-state index contributed by atoms with van der Waals surface area (Å²) in [6, 6.07) is 18.6. The van der Waals surface area contributed by atoms with Crippen molar-refractivity contribution in [1.29, 1.82) is 5.26 Å². The number of nitrogens with zero attached hydrogens (tertiary/aromatic N) is 3. The van der Waals surface area contributed by atoms with Crippen LogP contribution in [0.5, 0.6) is 5.75 Å². The van der Waals surface area contributed by atoms with Crippen molar-refractivity contribution >= 4 is 69.8 Å². The summed E-state index contributed by atoms with van der Waals surface area (Å²) >= 11 is 14.0. The highest BCUT2D eigenvalue weighted by molar-refractivity contribution is 7.13. The molecule has 5 amide bonds. The second kappa shape index (κ2) is 30.5. The molecule has 2 saturated heterocycles. The predicted molar refractivity (Wildman–Crippen MR) is 327 cm³/mol. The molecule has 0 saturated carbocycles. The standard InChI is InChI=1S/C63H76Cl2F2N8O11S/c1-37-55(87-36-71-37)39-14-12-38(13-15-39)32-70-58(79)48-30-42(76)33-75(48)60(81)56(62(5,6)7)74-51(77)34-86-27-26-85-25-24-84-23-22-83-21-20-69-57(78)40-16-19-47(49(28-40)82-8)72-59(80)54-52(43-10-9-11-45(65)53(43)67)63(35-68,50(73-54)31-61(2,3)4)44-18-17-41(64)29-46(44)66/h9-19,28-29,36,42,48,50,52,54,56,73,76H,20-27,30-34H2,1-8H3,(H,69,78)(H,70,79)(H,72,80)(H,74,77)/t42-,48+,50+,52+,54-,56-,63+/m1/s1. The van der Waals surface area contributed by atoms with E-state index in [0.717, 1.165) is 27.8 Å². The lowest BCUT2D eigenvalue weighted by Crippen LogP contribution is -2.58. The number of amides is 5. The molecule has 87 heavy (non-hydrogen) atoms. The van der Waals surface area contributed by atoms with Crippen LogP contribution in [0.1, 0.15) is 93.0 Å². The summed E-state index contributed by atoms with van der Waals surface area (Å²) in [6.07, 6.45) is -0.565. The van der Waals surface area contributed by atoms with Crippen LogP contribution < -0.4 is 31.3 Å². The highest BCUT2D eigenvalue weighted by Crippen LogP contribution is 2.53. The van der Waals surface area contributed by atoms with Crippen molar-refractivity contribution < 1.29 is 61.5 Å². The fraction of sp³-hybridized carbons (Fsp3) is 0.476. The number of ether oxygens (including phenoxy) is 5. The number of halogens is 4. The second-order valence-corrected chi connectivity index (χ2v) is 25.4. The Morgan fingerprint density at radius 1 is 0.885 bits per heavy atom. The van der Waals surface area contributed by atoms with Gasteiger partial charge in [0.25, 0.3) is 5.91 Å². The molecule has 4 aromatic carbocycles. The zero-order valence-electron chi connectivity index (χ0n) is 50.0. The topological polar surface area (TPSA) is 252 Å². The highest BCUT2D eigenvalue weighted by Gasteiger charge is 2.61. The number of benzene rings is 4. The minimum absolute atomic E-state index is 0.0514. The molecule has 19 nitrogen and oxygen atoms in total. The van der Waals surface area contributed by atoms with Crippen molar-refractivity contribution in [2.24, 2.45) is 10.8 Å². The number of aliphatic hydroxyl groups is 1. The van der Waals surface area contributed by atoms with E-state index in [9.17, 15) is 34.3 Å². The van der Waals surface area contributed by atoms with Gasteiger partial charge < -0.3 is 60.3 Å². The molecule has 3 heterocycles. The van der Waals surface area contributed by atoms with Crippen LogP contribution in [0.15, 0.2) is 84.4 Å². The van der Waals surface area contributed by atoms with E-state index >= 15 is 8.78 Å². The average Bonchev–Trinajstić information content (AvgIpc) is 1.60. The number of nitriles is 1. The lowest BCUT2D eigenvalue weighted by Gasteiger charge is -2.37.